The topological polar surface area (TPSA) is 86.8 Å². The van der Waals surface area contributed by atoms with Crippen molar-refractivity contribution in [2.24, 2.45) is 0 Å². The summed E-state index contributed by atoms with van der Waals surface area (Å²) >= 11 is 5.99. The van der Waals surface area contributed by atoms with Crippen molar-refractivity contribution >= 4 is 44.2 Å². The van der Waals surface area contributed by atoms with Gasteiger partial charge in [0.2, 0.25) is 21.8 Å². The second-order valence-electron chi connectivity index (χ2n) is 8.91. The summed E-state index contributed by atoms with van der Waals surface area (Å²) < 4.78 is 27.6. The fourth-order valence-electron chi connectivity index (χ4n) is 3.71. The lowest BCUT2D eigenvalue weighted by atomic mass is 10.1. The number of benzene rings is 3. The number of hydrogen-bond acceptors (Lipinski definition) is 4. The zero-order valence-corrected chi connectivity index (χ0v) is 22.5. The predicted molar refractivity (Wildman–Crippen MR) is 143 cm³/mol. The Morgan fingerprint density at radius 2 is 1.61 bits per heavy atom. The highest BCUT2D eigenvalue weighted by Gasteiger charge is 2.30. The number of carbonyl (C=O) groups excluding carboxylic acids is 2. The summed E-state index contributed by atoms with van der Waals surface area (Å²) in [6, 6.07) is 18.4. The van der Waals surface area contributed by atoms with Crippen molar-refractivity contribution in [1.29, 1.82) is 0 Å². The van der Waals surface area contributed by atoms with Gasteiger partial charge in [-0.25, -0.2) is 8.42 Å². The van der Waals surface area contributed by atoms with Gasteiger partial charge in [0.15, 0.2) is 0 Å². The van der Waals surface area contributed by atoms with Crippen molar-refractivity contribution in [2.45, 2.75) is 50.7 Å². The molecule has 3 aromatic carbocycles. The molecule has 7 nitrogen and oxygen atoms in total. The molecule has 0 heterocycles. The molecule has 36 heavy (non-hydrogen) atoms. The van der Waals surface area contributed by atoms with Crippen molar-refractivity contribution in [1.82, 2.24) is 14.5 Å². The summed E-state index contributed by atoms with van der Waals surface area (Å²) in [5.41, 5.74) is 0.774. The van der Waals surface area contributed by atoms with Gasteiger partial charge in [-0.2, -0.15) is 4.31 Å². The summed E-state index contributed by atoms with van der Waals surface area (Å²) in [5, 5.41) is 5.17. The Labute approximate surface area is 218 Å². The number of halogens is 1. The molecule has 0 aliphatic carbocycles. The van der Waals surface area contributed by atoms with E-state index < -0.39 is 28.5 Å². The van der Waals surface area contributed by atoms with Crippen LogP contribution in [0.4, 0.5) is 0 Å². The van der Waals surface area contributed by atoms with Crippen molar-refractivity contribution in [2.75, 3.05) is 13.6 Å². The summed E-state index contributed by atoms with van der Waals surface area (Å²) in [5.74, 6) is -0.782. The number of rotatable bonds is 10. The SMILES string of the molecule is CC[C@@H](C)NC(=O)[C@@H](C)N(Cc1ccc(Cl)cc1)C(=O)CN(C)S(=O)(=O)c1ccc2ccccc2c1. The standard InChI is InChI=1S/C27H32ClN3O4S/c1-5-19(2)29-27(33)20(3)31(17-21-10-13-24(28)14-11-21)26(32)18-30(4)36(34,35)25-15-12-22-8-6-7-9-23(22)16-25/h6-16,19-20H,5,17-18H2,1-4H3,(H,29,33)/t19-,20-/m1/s1. The normalized spacial score (nSPS) is 13.4. The van der Waals surface area contributed by atoms with Crippen molar-refractivity contribution in [3.8, 4) is 0 Å². The Hall–Kier alpha value is -2.94. The van der Waals surface area contributed by atoms with Crippen LogP contribution in [0.25, 0.3) is 10.8 Å². The van der Waals surface area contributed by atoms with Crippen LogP contribution in [0.1, 0.15) is 32.8 Å². The molecule has 0 aromatic heterocycles. The third-order valence-corrected chi connectivity index (χ3v) is 8.27. The second-order valence-corrected chi connectivity index (χ2v) is 11.4. The molecule has 0 unspecified atom stereocenters. The van der Waals surface area contributed by atoms with Crippen LogP contribution in [0, 0.1) is 0 Å². The van der Waals surface area contributed by atoms with E-state index in [1.165, 1.54) is 18.0 Å². The van der Waals surface area contributed by atoms with Crippen LogP contribution in [0.5, 0.6) is 0 Å². The van der Waals surface area contributed by atoms with E-state index in [-0.39, 0.29) is 23.4 Å². The van der Waals surface area contributed by atoms with Crippen molar-refractivity contribution in [3.63, 3.8) is 0 Å². The van der Waals surface area contributed by atoms with Crippen LogP contribution in [-0.4, -0.2) is 55.1 Å². The van der Waals surface area contributed by atoms with Crippen LogP contribution in [-0.2, 0) is 26.2 Å². The Balaban J connectivity index is 1.84. The fourth-order valence-corrected chi connectivity index (χ4v) is 4.99. The molecular weight excluding hydrogens is 498 g/mol. The third kappa shape index (κ3) is 6.63. The molecule has 9 heteroatoms. The number of nitrogens with zero attached hydrogens (tertiary/aromatic N) is 2. The van der Waals surface area contributed by atoms with E-state index in [0.29, 0.717) is 5.02 Å². The van der Waals surface area contributed by atoms with E-state index in [2.05, 4.69) is 5.32 Å². The molecule has 2 atom stereocenters. The van der Waals surface area contributed by atoms with E-state index in [1.807, 2.05) is 38.1 Å². The summed E-state index contributed by atoms with van der Waals surface area (Å²) in [6.45, 7) is 5.21. The largest absolute Gasteiger partial charge is 0.352 e. The molecule has 0 aliphatic rings. The lowest BCUT2D eigenvalue weighted by Gasteiger charge is -2.31. The minimum Gasteiger partial charge on any atom is -0.352 e. The molecule has 0 saturated heterocycles. The van der Waals surface area contributed by atoms with Crippen LogP contribution < -0.4 is 5.32 Å². The molecule has 3 aromatic rings. The molecular formula is C27H32ClN3O4S. The summed E-state index contributed by atoms with van der Waals surface area (Å²) in [4.78, 5) is 27.8. The average Bonchev–Trinajstić information content (AvgIpc) is 2.87. The van der Waals surface area contributed by atoms with Gasteiger partial charge in [-0.05, 0) is 60.9 Å². The Kier molecular flexibility index (Phi) is 9.11. The first-order valence-electron chi connectivity index (χ1n) is 11.8. The molecule has 0 fully saturated rings. The van der Waals surface area contributed by atoms with Gasteiger partial charge in [0.25, 0.3) is 0 Å². The molecule has 3 rings (SSSR count). The highest BCUT2D eigenvalue weighted by atomic mass is 35.5. The zero-order valence-electron chi connectivity index (χ0n) is 20.9. The van der Waals surface area contributed by atoms with E-state index in [4.69, 9.17) is 11.6 Å². The van der Waals surface area contributed by atoms with Gasteiger partial charge < -0.3 is 10.2 Å². The van der Waals surface area contributed by atoms with Gasteiger partial charge >= 0.3 is 0 Å². The molecule has 0 saturated carbocycles. The van der Waals surface area contributed by atoms with E-state index in [1.54, 1.807) is 43.3 Å². The van der Waals surface area contributed by atoms with Gasteiger partial charge in [-0.15, -0.1) is 0 Å². The predicted octanol–water partition coefficient (Wildman–Crippen LogP) is 4.45. The first-order valence-corrected chi connectivity index (χ1v) is 13.6. The number of fused-ring (bicyclic) bond motifs is 1. The lowest BCUT2D eigenvalue weighted by molar-refractivity contribution is -0.140. The maximum atomic E-state index is 13.4. The minimum absolute atomic E-state index is 0.0524. The van der Waals surface area contributed by atoms with Crippen LogP contribution in [0.3, 0.4) is 0 Å². The average molecular weight is 530 g/mol. The summed E-state index contributed by atoms with van der Waals surface area (Å²) in [7, 11) is -2.57. The van der Waals surface area contributed by atoms with Crippen molar-refractivity contribution < 1.29 is 18.0 Å². The number of sulfonamides is 1. The molecule has 0 radical (unpaired) electrons. The first-order chi connectivity index (χ1) is 17.0. The molecule has 1 N–H and O–H groups in total. The highest BCUT2D eigenvalue weighted by molar-refractivity contribution is 7.89. The fraction of sp³-hybridized carbons (Fsp3) is 0.333. The number of carbonyl (C=O) groups is 2. The van der Waals surface area contributed by atoms with Crippen LogP contribution in [0.15, 0.2) is 71.6 Å². The van der Waals surface area contributed by atoms with E-state index in [9.17, 15) is 18.0 Å². The van der Waals surface area contributed by atoms with Gasteiger partial charge in [0.05, 0.1) is 11.4 Å². The maximum absolute atomic E-state index is 13.4. The lowest BCUT2D eigenvalue weighted by Crippen LogP contribution is -2.51. The van der Waals surface area contributed by atoms with Gasteiger partial charge in [0, 0.05) is 24.7 Å². The highest BCUT2D eigenvalue weighted by Crippen LogP contribution is 2.22. The Bertz CT molecular complexity index is 1330. The van der Waals surface area contributed by atoms with Gasteiger partial charge in [-0.1, -0.05) is 61.0 Å². The zero-order chi connectivity index (χ0) is 26.5. The summed E-state index contributed by atoms with van der Waals surface area (Å²) in [6.07, 6.45) is 0.746. The minimum atomic E-state index is -3.94. The maximum Gasteiger partial charge on any atom is 0.243 e. The Morgan fingerprint density at radius 3 is 2.25 bits per heavy atom. The quantitative estimate of drug-likeness (QED) is 0.420. The Morgan fingerprint density at radius 1 is 0.972 bits per heavy atom. The third-order valence-electron chi connectivity index (χ3n) is 6.22. The first kappa shape index (κ1) is 27.6. The van der Waals surface area contributed by atoms with Crippen LogP contribution >= 0.6 is 11.6 Å². The number of nitrogens with one attached hydrogen (secondary N) is 1. The molecule has 0 aliphatic heterocycles. The van der Waals surface area contributed by atoms with Gasteiger partial charge in [-0.3, -0.25) is 9.59 Å². The van der Waals surface area contributed by atoms with E-state index >= 15 is 0 Å². The smallest absolute Gasteiger partial charge is 0.243 e. The van der Waals surface area contributed by atoms with Gasteiger partial charge in [0.1, 0.15) is 6.04 Å². The number of likely N-dealkylation sites (N-methyl/N-ethyl adjacent to an activating group) is 1. The van der Waals surface area contributed by atoms with Crippen molar-refractivity contribution in [3.05, 3.63) is 77.3 Å². The molecule has 0 bridgehead atoms. The molecule has 192 valence electrons. The van der Waals surface area contributed by atoms with Crippen LogP contribution in [0.2, 0.25) is 5.02 Å². The number of hydrogen-bond donors (Lipinski definition) is 1. The molecule has 2 amide bonds. The second kappa shape index (κ2) is 11.9. The number of amides is 2. The monoisotopic (exact) mass is 529 g/mol. The van der Waals surface area contributed by atoms with E-state index in [0.717, 1.165) is 27.1 Å². The molecule has 0 spiro atoms.